The fourth-order valence-electron chi connectivity index (χ4n) is 3.66. The molecule has 148 valence electrons. The van der Waals surface area contributed by atoms with E-state index in [1.54, 1.807) is 7.11 Å². The van der Waals surface area contributed by atoms with E-state index < -0.39 is 0 Å². The minimum atomic E-state index is -0.313. The van der Waals surface area contributed by atoms with Crippen molar-refractivity contribution < 1.29 is 9.53 Å². The van der Waals surface area contributed by atoms with Crippen LogP contribution < -0.4 is 20.9 Å². The van der Waals surface area contributed by atoms with Gasteiger partial charge in [0.2, 0.25) is 5.91 Å². The first-order valence-electron chi connectivity index (χ1n) is 9.76. The Balaban J connectivity index is 1.50. The van der Waals surface area contributed by atoms with Gasteiger partial charge in [-0.25, -0.2) is 10.9 Å². The topological polar surface area (TPSA) is 62.4 Å². The molecule has 2 unspecified atom stereocenters. The molecule has 4 rings (SSSR count). The Bertz CT molecular complexity index is 1000. The van der Waals surface area contributed by atoms with Gasteiger partial charge in [-0.2, -0.15) is 0 Å². The highest BCUT2D eigenvalue weighted by Gasteiger charge is 2.30. The maximum Gasteiger partial charge on any atom is 0.242 e. The maximum absolute atomic E-state index is 12.9. The Labute approximate surface area is 171 Å². The predicted octanol–water partition coefficient (Wildman–Crippen LogP) is 4.22. The second-order valence-corrected chi connectivity index (χ2v) is 7.28. The average Bonchev–Trinajstić information content (AvgIpc) is 3.25. The van der Waals surface area contributed by atoms with Crippen LogP contribution >= 0.6 is 0 Å². The first kappa shape index (κ1) is 19.2. The number of hydrogen-bond donors (Lipinski definition) is 3. The van der Waals surface area contributed by atoms with E-state index in [1.807, 2.05) is 48.5 Å². The number of carbonyl (C=O) groups is 1. The maximum atomic E-state index is 12.9. The zero-order valence-electron chi connectivity index (χ0n) is 16.6. The molecule has 0 aromatic heterocycles. The summed E-state index contributed by atoms with van der Waals surface area (Å²) in [6.07, 6.45) is 0.686. The molecule has 5 heteroatoms. The van der Waals surface area contributed by atoms with Gasteiger partial charge in [-0.3, -0.25) is 4.79 Å². The van der Waals surface area contributed by atoms with Crippen molar-refractivity contribution in [3.05, 3.63) is 83.9 Å². The lowest BCUT2D eigenvalue weighted by Crippen LogP contribution is -2.39. The fourth-order valence-corrected chi connectivity index (χ4v) is 3.66. The van der Waals surface area contributed by atoms with Gasteiger partial charge in [0.25, 0.3) is 0 Å². The number of ether oxygens (including phenoxy) is 1. The molecule has 3 aromatic rings. The number of carbonyl (C=O) groups excluding carboxylic acids is 1. The van der Waals surface area contributed by atoms with Crippen LogP contribution in [0.5, 0.6) is 5.75 Å². The normalized spacial score (nSPS) is 18.4. The van der Waals surface area contributed by atoms with Crippen LogP contribution in [0.4, 0.5) is 5.69 Å². The molecule has 1 aliphatic rings. The van der Waals surface area contributed by atoms with Gasteiger partial charge in [0.1, 0.15) is 11.8 Å². The summed E-state index contributed by atoms with van der Waals surface area (Å²) in [6, 6.07) is 23.8. The van der Waals surface area contributed by atoms with Crippen LogP contribution in [0, 0.1) is 6.92 Å². The zero-order valence-corrected chi connectivity index (χ0v) is 16.6. The molecule has 1 amide bonds. The number of methoxy groups -OCH3 is 1. The quantitative estimate of drug-likeness (QED) is 0.614. The van der Waals surface area contributed by atoms with Gasteiger partial charge in [0.05, 0.1) is 7.11 Å². The standard InChI is InChI=1S/C24H25N3O2/c1-16-11-13-17(14-12-16)21-15-22(27-26-21)24(28)25-20-9-5-3-7-18(20)19-8-4-6-10-23(19)29-2/h3-14,21-22,26-27H,15H2,1-2H3,(H,25,28). The summed E-state index contributed by atoms with van der Waals surface area (Å²) < 4.78 is 5.50. The van der Waals surface area contributed by atoms with Crippen molar-refractivity contribution in [3.63, 3.8) is 0 Å². The summed E-state index contributed by atoms with van der Waals surface area (Å²) in [6.45, 7) is 2.07. The summed E-state index contributed by atoms with van der Waals surface area (Å²) in [5.74, 6) is 0.712. The summed E-state index contributed by atoms with van der Waals surface area (Å²) in [4.78, 5) is 12.9. The second-order valence-electron chi connectivity index (χ2n) is 7.28. The van der Waals surface area contributed by atoms with Crippen LogP contribution in [-0.4, -0.2) is 19.1 Å². The largest absolute Gasteiger partial charge is 0.496 e. The van der Waals surface area contributed by atoms with Crippen LogP contribution in [0.3, 0.4) is 0 Å². The number of para-hydroxylation sites is 2. The Kier molecular flexibility index (Phi) is 5.60. The number of aryl methyl sites for hydroxylation is 1. The lowest BCUT2D eigenvalue weighted by Gasteiger charge is -2.16. The fraction of sp³-hybridized carbons (Fsp3) is 0.208. The summed E-state index contributed by atoms with van der Waals surface area (Å²) in [5.41, 5.74) is 11.4. The molecule has 1 fully saturated rings. The van der Waals surface area contributed by atoms with E-state index in [4.69, 9.17) is 4.74 Å². The third-order valence-corrected chi connectivity index (χ3v) is 5.28. The van der Waals surface area contributed by atoms with Gasteiger partial charge in [0, 0.05) is 22.9 Å². The number of anilines is 1. The van der Waals surface area contributed by atoms with Crippen molar-refractivity contribution in [1.29, 1.82) is 0 Å². The van der Waals surface area contributed by atoms with Crippen molar-refractivity contribution in [2.45, 2.75) is 25.4 Å². The summed E-state index contributed by atoms with van der Waals surface area (Å²) >= 11 is 0. The molecule has 1 aliphatic heterocycles. The molecule has 0 aliphatic carbocycles. The SMILES string of the molecule is COc1ccccc1-c1ccccc1NC(=O)C1CC(c2ccc(C)cc2)NN1. The van der Waals surface area contributed by atoms with E-state index in [1.165, 1.54) is 11.1 Å². The summed E-state index contributed by atoms with van der Waals surface area (Å²) in [5, 5.41) is 3.09. The number of hydrazine groups is 1. The van der Waals surface area contributed by atoms with Crippen molar-refractivity contribution in [3.8, 4) is 16.9 Å². The van der Waals surface area contributed by atoms with E-state index in [9.17, 15) is 4.79 Å². The van der Waals surface area contributed by atoms with E-state index in [2.05, 4.69) is 47.4 Å². The first-order chi connectivity index (χ1) is 14.2. The summed E-state index contributed by atoms with van der Waals surface area (Å²) in [7, 11) is 1.65. The molecule has 0 saturated carbocycles. The molecule has 0 spiro atoms. The van der Waals surface area contributed by atoms with Crippen molar-refractivity contribution in [2.75, 3.05) is 12.4 Å². The molecule has 0 bridgehead atoms. The third kappa shape index (κ3) is 4.16. The Hall–Kier alpha value is -3.15. The van der Waals surface area contributed by atoms with Gasteiger partial charge in [0.15, 0.2) is 0 Å². The average molecular weight is 387 g/mol. The van der Waals surface area contributed by atoms with E-state index >= 15 is 0 Å². The molecule has 0 radical (unpaired) electrons. The minimum Gasteiger partial charge on any atom is -0.496 e. The van der Waals surface area contributed by atoms with E-state index in [0.29, 0.717) is 6.42 Å². The van der Waals surface area contributed by atoms with E-state index in [-0.39, 0.29) is 18.0 Å². The van der Waals surface area contributed by atoms with Crippen LogP contribution in [-0.2, 0) is 4.79 Å². The molecule has 3 N–H and O–H groups in total. The third-order valence-electron chi connectivity index (χ3n) is 5.28. The molecule has 1 heterocycles. The number of rotatable bonds is 5. The molecule has 5 nitrogen and oxygen atoms in total. The highest BCUT2D eigenvalue weighted by Crippen LogP contribution is 2.35. The monoisotopic (exact) mass is 387 g/mol. The van der Waals surface area contributed by atoms with Gasteiger partial charge in [-0.1, -0.05) is 66.2 Å². The van der Waals surface area contributed by atoms with Crippen molar-refractivity contribution in [2.24, 2.45) is 0 Å². The van der Waals surface area contributed by atoms with Gasteiger partial charge >= 0.3 is 0 Å². The highest BCUT2D eigenvalue weighted by molar-refractivity contribution is 5.99. The molecule has 3 aromatic carbocycles. The number of amides is 1. The van der Waals surface area contributed by atoms with Crippen molar-refractivity contribution >= 4 is 11.6 Å². The van der Waals surface area contributed by atoms with Crippen molar-refractivity contribution in [1.82, 2.24) is 10.9 Å². The molecule has 2 atom stereocenters. The van der Waals surface area contributed by atoms with Crippen LogP contribution in [0.15, 0.2) is 72.8 Å². The van der Waals surface area contributed by atoms with Gasteiger partial charge < -0.3 is 10.1 Å². The first-order valence-corrected chi connectivity index (χ1v) is 9.76. The second kappa shape index (κ2) is 8.47. The molecular weight excluding hydrogens is 362 g/mol. The highest BCUT2D eigenvalue weighted by atomic mass is 16.5. The number of nitrogens with one attached hydrogen (secondary N) is 3. The van der Waals surface area contributed by atoms with Gasteiger partial charge in [-0.05, 0) is 31.0 Å². The molecule has 1 saturated heterocycles. The minimum absolute atomic E-state index is 0.0607. The molecular formula is C24H25N3O2. The number of benzene rings is 3. The lowest BCUT2D eigenvalue weighted by atomic mass is 10.00. The van der Waals surface area contributed by atoms with Crippen LogP contribution in [0.25, 0.3) is 11.1 Å². The van der Waals surface area contributed by atoms with Crippen LogP contribution in [0.1, 0.15) is 23.6 Å². The zero-order chi connectivity index (χ0) is 20.2. The Morgan fingerprint density at radius 1 is 0.931 bits per heavy atom. The van der Waals surface area contributed by atoms with Gasteiger partial charge in [-0.15, -0.1) is 0 Å². The van der Waals surface area contributed by atoms with E-state index in [0.717, 1.165) is 22.6 Å². The number of hydrogen-bond acceptors (Lipinski definition) is 4. The van der Waals surface area contributed by atoms with Crippen LogP contribution in [0.2, 0.25) is 0 Å². The lowest BCUT2D eigenvalue weighted by molar-refractivity contribution is -0.117. The molecule has 29 heavy (non-hydrogen) atoms. The predicted molar refractivity (Wildman–Crippen MR) is 116 cm³/mol. The smallest absolute Gasteiger partial charge is 0.242 e. The Morgan fingerprint density at radius 3 is 2.38 bits per heavy atom. The Morgan fingerprint density at radius 2 is 1.62 bits per heavy atom.